The molecule has 2 aromatic rings. The summed E-state index contributed by atoms with van der Waals surface area (Å²) in [5.74, 6) is 0. The Labute approximate surface area is 124 Å². The maximum absolute atomic E-state index is 12.5. The van der Waals surface area contributed by atoms with Gasteiger partial charge in [-0.1, -0.05) is 11.3 Å². The highest BCUT2D eigenvalue weighted by molar-refractivity contribution is 7.14. The van der Waals surface area contributed by atoms with Crippen LogP contribution in [-0.2, 0) is 12.7 Å². The molecule has 0 spiro atoms. The summed E-state index contributed by atoms with van der Waals surface area (Å²) >= 11 is 1.31. The lowest BCUT2D eigenvalue weighted by molar-refractivity contribution is -0.137. The fourth-order valence-electron chi connectivity index (χ4n) is 1.46. The standard InChI is InChI=1S/C13H15F3N4S/c1-12(2,3)18-7-10-19-20-11(21-10)9-5-4-8(6-17-9)13(14,15)16/h4-6,18H,7H2,1-3H3. The predicted molar refractivity (Wildman–Crippen MR) is 74.7 cm³/mol. The molecule has 0 fully saturated rings. The third kappa shape index (κ3) is 4.47. The topological polar surface area (TPSA) is 50.7 Å². The van der Waals surface area contributed by atoms with Crippen molar-refractivity contribution in [3.63, 3.8) is 0 Å². The smallest absolute Gasteiger partial charge is 0.306 e. The fourth-order valence-corrected chi connectivity index (χ4v) is 2.21. The molecule has 2 aromatic heterocycles. The van der Waals surface area contributed by atoms with E-state index in [0.29, 0.717) is 17.2 Å². The minimum atomic E-state index is -4.38. The Morgan fingerprint density at radius 2 is 1.86 bits per heavy atom. The van der Waals surface area contributed by atoms with Crippen molar-refractivity contribution in [1.29, 1.82) is 0 Å². The maximum atomic E-state index is 12.5. The fraction of sp³-hybridized carbons (Fsp3) is 0.462. The number of pyridine rings is 1. The van der Waals surface area contributed by atoms with Gasteiger partial charge >= 0.3 is 6.18 Å². The summed E-state index contributed by atoms with van der Waals surface area (Å²) in [6.07, 6.45) is -3.57. The Morgan fingerprint density at radius 3 is 2.38 bits per heavy atom. The molecule has 0 aliphatic rings. The van der Waals surface area contributed by atoms with Gasteiger partial charge in [-0.3, -0.25) is 4.98 Å². The average Bonchev–Trinajstić information content (AvgIpc) is 2.83. The van der Waals surface area contributed by atoms with Gasteiger partial charge in [0.25, 0.3) is 0 Å². The van der Waals surface area contributed by atoms with Crippen LogP contribution in [0.3, 0.4) is 0 Å². The number of alkyl halides is 3. The van der Waals surface area contributed by atoms with Crippen LogP contribution in [0.4, 0.5) is 13.2 Å². The second-order valence-electron chi connectivity index (χ2n) is 5.53. The first kappa shape index (κ1) is 15.8. The van der Waals surface area contributed by atoms with Gasteiger partial charge in [0.1, 0.15) is 10.7 Å². The molecule has 0 aliphatic heterocycles. The zero-order valence-electron chi connectivity index (χ0n) is 11.8. The van der Waals surface area contributed by atoms with Gasteiger partial charge in [0, 0.05) is 11.7 Å². The van der Waals surface area contributed by atoms with Gasteiger partial charge in [-0.15, -0.1) is 10.2 Å². The van der Waals surface area contributed by atoms with Gasteiger partial charge in [-0.2, -0.15) is 13.2 Å². The Kier molecular flexibility index (Phi) is 4.29. The zero-order valence-corrected chi connectivity index (χ0v) is 12.6. The summed E-state index contributed by atoms with van der Waals surface area (Å²) in [6, 6.07) is 2.31. The second-order valence-corrected chi connectivity index (χ2v) is 6.60. The van der Waals surface area contributed by atoms with Gasteiger partial charge in [0.05, 0.1) is 12.1 Å². The Morgan fingerprint density at radius 1 is 1.14 bits per heavy atom. The molecule has 0 atom stereocenters. The SMILES string of the molecule is CC(C)(C)NCc1nnc(-c2ccc(C(F)(F)F)cn2)s1. The molecule has 0 saturated heterocycles. The summed E-state index contributed by atoms with van der Waals surface area (Å²) in [6.45, 7) is 6.66. The summed E-state index contributed by atoms with van der Waals surface area (Å²) in [4.78, 5) is 3.81. The molecule has 2 heterocycles. The highest BCUT2D eigenvalue weighted by atomic mass is 32.1. The quantitative estimate of drug-likeness (QED) is 0.941. The van der Waals surface area contributed by atoms with E-state index in [1.54, 1.807) is 0 Å². The van der Waals surface area contributed by atoms with Crippen molar-refractivity contribution in [3.8, 4) is 10.7 Å². The highest BCUT2D eigenvalue weighted by Crippen LogP contribution is 2.30. The molecular weight excluding hydrogens is 301 g/mol. The molecule has 0 aliphatic carbocycles. The largest absolute Gasteiger partial charge is 0.417 e. The van der Waals surface area contributed by atoms with Crippen LogP contribution in [0, 0.1) is 0 Å². The number of nitrogens with zero attached hydrogens (tertiary/aromatic N) is 3. The minimum absolute atomic E-state index is 0.0432. The summed E-state index contributed by atoms with van der Waals surface area (Å²) in [5, 5.41) is 12.5. The third-order valence-electron chi connectivity index (χ3n) is 2.55. The van der Waals surface area contributed by atoms with E-state index in [0.717, 1.165) is 17.3 Å². The van der Waals surface area contributed by atoms with Crippen LogP contribution in [0.25, 0.3) is 10.7 Å². The Balaban J connectivity index is 2.11. The molecule has 0 saturated carbocycles. The number of hydrogen-bond donors (Lipinski definition) is 1. The number of hydrogen-bond acceptors (Lipinski definition) is 5. The van der Waals surface area contributed by atoms with E-state index in [1.807, 2.05) is 20.8 Å². The van der Waals surface area contributed by atoms with Crippen LogP contribution >= 0.6 is 11.3 Å². The molecule has 0 unspecified atom stereocenters. The van der Waals surface area contributed by atoms with E-state index in [-0.39, 0.29) is 5.54 Å². The van der Waals surface area contributed by atoms with Crippen molar-refractivity contribution in [1.82, 2.24) is 20.5 Å². The van der Waals surface area contributed by atoms with E-state index in [9.17, 15) is 13.2 Å². The van der Waals surface area contributed by atoms with Crippen LogP contribution in [0.1, 0.15) is 31.3 Å². The molecule has 114 valence electrons. The molecule has 0 bridgehead atoms. The summed E-state index contributed by atoms with van der Waals surface area (Å²) in [5.41, 5.74) is -0.425. The first-order valence-corrected chi connectivity index (χ1v) is 7.08. The van der Waals surface area contributed by atoms with Crippen molar-refractivity contribution in [2.24, 2.45) is 0 Å². The number of halogens is 3. The van der Waals surface area contributed by atoms with Crippen molar-refractivity contribution in [3.05, 3.63) is 28.9 Å². The predicted octanol–water partition coefficient (Wildman–Crippen LogP) is 3.51. The molecule has 1 N–H and O–H groups in total. The highest BCUT2D eigenvalue weighted by Gasteiger charge is 2.30. The summed E-state index contributed by atoms with van der Waals surface area (Å²) in [7, 11) is 0. The first-order chi connectivity index (χ1) is 9.65. The molecule has 0 radical (unpaired) electrons. The van der Waals surface area contributed by atoms with Crippen LogP contribution < -0.4 is 5.32 Å². The number of rotatable bonds is 3. The van der Waals surface area contributed by atoms with Crippen LogP contribution in [0.2, 0.25) is 0 Å². The lowest BCUT2D eigenvalue weighted by atomic mass is 10.1. The van der Waals surface area contributed by atoms with Gasteiger partial charge in [-0.05, 0) is 32.9 Å². The first-order valence-electron chi connectivity index (χ1n) is 6.26. The molecule has 0 aromatic carbocycles. The third-order valence-corrected chi connectivity index (χ3v) is 3.49. The van der Waals surface area contributed by atoms with Crippen LogP contribution in [0.15, 0.2) is 18.3 Å². The van der Waals surface area contributed by atoms with E-state index < -0.39 is 11.7 Å². The molecular formula is C13H15F3N4S. The van der Waals surface area contributed by atoms with Gasteiger partial charge in [0.15, 0.2) is 5.01 Å². The van der Waals surface area contributed by atoms with Gasteiger partial charge < -0.3 is 5.32 Å². The lowest BCUT2D eigenvalue weighted by Crippen LogP contribution is -2.35. The molecule has 8 heteroatoms. The number of aromatic nitrogens is 3. The minimum Gasteiger partial charge on any atom is -0.306 e. The normalized spacial score (nSPS) is 12.7. The molecule has 4 nitrogen and oxygen atoms in total. The van der Waals surface area contributed by atoms with E-state index in [2.05, 4.69) is 20.5 Å². The molecule has 21 heavy (non-hydrogen) atoms. The maximum Gasteiger partial charge on any atom is 0.417 e. The average molecular weight is 316 g/mol. The van der Waals surface area contributed by atoms with Crippen molar-refractivity contribution >= 4 is 11.3 Å². The zero-order chi connectivity index (χ0) is 15.7. The van der Waals surface area contributed by atoms with E-state index in [1.165, 1.54) is 17.4 Å². The van der Waals surface area contributed by atoms with Crippen molar-refractivity contribution in [2.75, 3.05) is 0 Å². The Bertz CT molecular complexity index is 599. The Hall–Kier alpha value is -1.54. The summed E-state index contributed by atoms with van der Waals surface area (Å²) < 4.78 is 37.4. The van der Waals surface area contributed by atoms with E-state index in [4.69, 9.17) is 0 Å². The molecule has 0 amide bonds. The van der Waals surface area contributed by atoms with Gasteiger partial charge in [0.2, 0.25) is 0 Å². The molecule has 2 rings (SSSR count). The van der Waals surface area contributed by atoms with Gasteiger partial charge in [-0.25, -0.2) is 0 Å². The lowest BCUT2D eigenvalue weighted by Gasteiger charge is -2.19. The van der Waals surface area contributed by atoms with Crippen LogP contribution in [-0.4, -0.2) is 20.7 Å². The monoisotopic (exact) mass is 316 g/mol. The van der Waals surface area contributed by atoms with E-state index >= 15 is 0 Å². The van der Waals surface area contributed by atoms with Crippen LogP contribution in [0.5, 0.6) is 0 Å². The van der Waals surface area contributed by atoms with Crippen molar-refractivity contribution in [2.45, 2.75) is 39.0 Å². The van der Waals surface area contributed by atoms with Crippen molar-refractivity contribution < 1.29 is 13.2 Å². The second kappa shape index (κ2) is 5.69. The number of nitrogens with one attached hydrogen (secondary N) is 1.